The molecule has 0 aromatic carbocycles. The second kappa shape index (κ2) is 10.4. The van der Waals surface area contributed by atoms with E-state index in [2.05, 4.69) is 19.2 Å². The third-order valence-electron chi connectivity index (χ3n) is 3.12. The lowest BCUT2D eigenvalue weighted by Crippen LogP contribution is -2.37. The van der Waals surface area contributed by atoms with Crippen molar-refractivity contribution >= 4 is 0 Å². The predicted molar refractivity (Wildman–Crippen MR) is 67.1 cm³/mol. The predicted octanol–water partition coefficient (Wildman–Crippen LogP) is 2.95. The molecule has 0 aromatic heterocycles. The van der Waals surface area contributed by atoms with Crippen LogP contribution in [0.5, 0.6) is 0 Å². The zero-order valence-electron chi connectivity index (χ0n) is 10.8. The van der Waals surface area contributed by atoms with E-state index in [0.717, 1.165) is 24.9 Å². The summed E-state index contributed by atoms with van der Waals surface area (Å²) in [5.41, 5.74) is 0. The summed E-state index contributed by atoms with van der Waals surface area (Å²) in [6, 6.07) is 0.832. The molecule has 1 aliphatic carbocycles. The first-order valence-electron chi connectivity index (χ1n) is 6.64. The maximum absolute atomic E-state index is 7.88. The lowest BCUT2D eigenvalue weighted by Gasteiger charge is -2.31. The Morgan fingerprint density at radius 3 is 2.20 bits per heavy atom. The molecule has 1 saturated carbocycles. The molecule has 2 unspecified atom stereocenters. The van der Waals surface area contributed by atoms with Gasteiger partial charge in [0.1, 0.15) is 0 Å². The zero-order chi connectivity index (χ0) is 11.5. The highest BCUT2D eigenvalue weighted by Crippen LogP contribution is 2.26. The largest absolute Gasteiger partial charge is 0.396 e. The van der Waals surface area contributed by atoms with Gasteiger partial charge < -0.3 is 10.4 Å². The van der Waals surface area contributed by atoms with E-state index in [1.165, 1.54) is 32.1 Å². The van der Waals surface area contributed by atoms with Crippen LogP contribution in [-0.2, 0) is 0 Å². The standard InChI is InChI=1S/C10H21N.C3H8O/c1-3-9-7-5-6-8-10(9)11-4-2;1-2-3-4/h9-11H,3-8H2,1-2H3;4H,2-3H2,1H3. The minimum Gasteiger partial charge on any atom is -0.396 e. The van der Waals surface area contributed by atoms with Gasteiger partial charge in [-0.3, -0.25) is 0 Å². The fourth-order valence-corrected chi connectivity index (χ4v) is 2.23. The number of hydrogen-bond acceptors (Lipinski definition) is 2. The summed E-state index contributed by atoms with van der Waals surface area (Å²) in [4.78, 5) is 0. The molecule has 0 saturated heterocycles. The van der Waals surface area contributed by atoms with E-state index in [1.54, 1.807) is 0 Å². The Morgan fingerprint density at radius 1 is 1.13 bits per heavy atom. The molecule has 15 heavy (non-hydrogen) atoms. The minimum atomic E-state index is 0.319. The Kier molecular flexibility index (Phi) is 10.4. The van der Waals surface area contributed by atoms with Gasteiger partial charge in [0.15, 0.2) is 0 Å². The average Bonchev–Trinajstić information content (AvgIpc) is 2.30. The number of aliphatic hydroxyl groups excluding tert-OH is 1. The molecule has 2 N–H and O–H groups in total. The Morgan fingerprint density at radius 2 is 1.73 bits per heavy atom. The van der Waals surface area contributed by atoms with Gasteiger partial charge in [-0.25, -0.2) is 0 Å². The van der Waals surface area contributed by atoms with E-state index in [4.69, 9.17) is 5.11 Å². The summed E-state index contributed by atoms with van der Waals surface area (Å²) in [5, 5.41) is 11.5. The van der Waals surface area contributed by atoms with E-state index in [9.17, 15) is 0 Å². The van der Waals surface area contributed by atoms with Crippen LogP contribution in [-0.4, -0.2) is 24.3 Å². The number of rotatable bonds is 4. The molecule has 1 fully saturated rings. The van der Waals surface area contributed by atoms with Gasteiger partial charge in [0, 0.05) is 12.6 Å². The molecule has 0 aliphatic heterocycles. The summed E-state index contributed by atoms with van der Waals surface area (Å²) in [6.45, 7) is 7.92. The van der Waals surface area contributed by atoms with Crippen LogP contribution < -0.4 is 5.32 Å². The molecular formula is C13H29NO. The van der Waals surface area contributed by atoms with Crippen molar-refractivity contribution in [3.63, 3.8) is 0 Å². The molecule has 1 aliphatic rings. The van der Waals surface area contributed by atoms with Crippen LogP contribution in [0, 0.1) is 5.92 Å². The minimum absolute atomic E-state index is 0.319. The topological polar surface area (TPSA) is 32.3 Å². The number of aliphatic hydroxyl groups is 1. The monoisotopic (exact) mass is 215 g/mol. The summed E-state index contributed by atoms with van der Waals surface area (Å²) in [7, 11) is 0. The Hall–Kier alpha value is -0.0800. The van der Waals surface area contributed by atoms with Crippen molar-refractivity contribution in [2.45, 2.75) is 65.3 Å². The van der Waals surface area contributed by atoms with Crippen molar-refractivity contribution in [1.29, 1.82) is 0 Å². The van der Waals surface area contributed by atoms with Crippen molar-refractivity contribution < 1.29 is 5.11 Å². The van der Waals surface area contributed by atoms with E-state index in [1.807, 2.05) is 6.92 Å². The fraction of sp³-hybridized carbons (Fsp3) is 1.00. The summed E-state index contributed by atoms with van der Waals surface area (Å²) in [5.74, 6) is 0.962. The van der Waals surface area contributed by atoms with E-state index in [0.29, 0.717) is 6.61 Å². The molecule has 0 aromatic rings. The first-order chi connectivity index (χ1) is 7.29. The van der Waals surface area contributed by atoms with E-state index >= 15 is 0 Å². The van der Waals surface area contributed by atoms with Crippen molar-refractivity contribution in [2.24, 2.45) is 5.92 Å². The summed E-state index contributed by atoms with van der Waals surface area (Å²) >= 11 is 0. The highest BCUT2D eigenvalue weighted by atomic mass is 16.2. The van der Waals surface area contributed by atoms with E-state index in [-0.39, 0.29) is 0 Å². The van der Waals surface area contributed by atoms with Crippen molar-refractivity contribution in [3.8, 4) is 0 Å². The van der Waals surface area contributed by atoms with Crippen LogP contribution in [0.4, 0.5) is 0 Å². The van der Waals surface area contributed by atoms with Crippen LogP contribution >= 0.6 is 0 Å². The van der Waals surface area contributed by atoms with Gasteiger partial charge in [-0.05, 0) is 31.7 Å². The van der Waals surface area contributed by atoms with Gasteiger partial charge in [0.2, 0.25) is 0 Å². The SMILES string of the molecule is CCCO.CCNC1CCCCC1CC. The number of hydrogen-bond donors (Lipinski definition) is 2. The van der Waals surface area contributed by atoms with Gasteiger partial charge in [0.25, 0.3) is 0 Å². The zero-order valence-corrected chi connectivity index (χ0v) is 10.8. The normalized spacial score (nSPS) is 25.6. The molecule has 0 heterocycles. The molecule has 0 amide bonds. The van der Waals surface area contributed by atoms with Gasteiger partial charge in [-0.15, -0.1) is 0 Å². The van der Waals surface area contributed by atoms with Gasteiger partial charge in [-0.2, -0.15) is 0 Å². The van der Waals surface area contributed by atoms with Crippen LogP contribution in [0.2, 0.25) is 0 Å². The Balaban J connectivity index is 0.000000423. The highest BCUT2D eigenvalue weighted by molar-refractivity contribution is 4.79. The molecule has 2 atom stereocenters. The second-order valence-corrected chi connectivity index (χ2v) is 4.34. The molecule has 0 radical (unpaired) electrons. The average molecular weight is 215 g/mol. The van der Waals surface area contributed by atoms with Crippen molar-refractivity contribution in [2.75, 3.05) is 13.2 Å². The summed E-state index contributed by atoms with van der Waals surface area (Å²) in [6.07, 6.45) is 7.99. The maximum Gasteiger partial charge on any atom is 0.0428 e. The Bertz CT molecular complexity index is 124. The number of nitrogens with one attached hydrogen (secondary N) is 1. The van der Waals surface area contributed by atoms with Gasteiger partial charge in [0.05, 0.1) is 0 Å². The van der Waals surface area contributed by atoms with E-state index < -0.39 is 0 Å². The lowest BCUT2D eigenvalue weighted by molar-refractivity contribution is 0.259. The van der Waals surface area contributed by atoms with Crippen LogP contribution in [0.3, 0.4) is 0 Å². The molecular weight excluding hydrogens is 186 g/mol. The Labute approximate surface area is 95.5 Å². The first-order valence-corrected chi connectivity index (χ1v) is 6.64. The molecule has 0 bridgehead atoms. The van der Waals surface area contributed by atoms with Gasteiger partial charge in [-0.1, -0.05) is 40.0 Å². The lowest BCUT2D eigenvalue weighted by atomic mass is 9.83. The molecule has 1 rings (SSSR count). The van der Waals surface area contributed by atoms with Crippen LogP contribution in [0.15, 0.2) is 0 Å². The van der Waals surface area contributed by atoms with Crippen LogP contribution in [0.25, 0.3) is 0 Å². The molecule has 92 valence electrons. The fourth-order valence-electron chi connectivity index (χ4n) is 2.23. The third kappa shape index (κ3) is 6.91. The highest BCUT2D eigenvalue weighted by Gasteiger charge is 2.21. The molecule has 2 nitrogen and oxygen atoms in total. The molecule has 0 spiro atoms. The van der Waals surface area contributed by atoms with Crippen molar-refractivity contribution in [1.82, 2.24) is 5.32 Å². The van der Waals surface area contributed by atoms with Crippen molar-refractivity contribution in [3.05, 3.63) is 0 Å². The quantitative estimate of drug-likeness (QED) is 0.755. The maximum atomic E-state index is 7.88. The van der Waals surface area contributed by atoms with Gasteiger partial charge >= 0.3 is 0 Å². The second-order valence-electron chi connectivity index (χ2n) is 4.34. The van der Waals surface area contributed by atoms with Crippen LogP contribution in [0.1, 0.15) is 59.3 Å². The third-order valence-corrected chi connectivity index (χ3v) is 3.12. The molecule has 2 heteroatoms. The summed E-state index contributed by atoms with van der Waals surface area (Å²) < 4.78 is 0. The smallest absolute Gasteiger partial charge is 0.0428 e. The first kappa shape index (κ1) is 14.9.